The van der Waals surface area contributed by atoms with Gasteiger partial charge < -0.3 is 5.11 Å². The fourth-order valence-corrected chi connectivity index (χ4v) is 5.87. The molecule has 2 heterocycles. The van der Waals surface area contributed by atoms with Crippen molar-refractivity contribution in [1.82, 2.24) is 0 Å². The average Bonchev–Trinajstić information content (AvgIpc) is 2.58. The van der Waals surface area contributed by atoms with Crippen molar-refractivity contribution >= 4 is 48.7 Å². The van der Waals surface area contributed by atoms with Crippen LogP contribution in [0.3, 0.4) is 0 Å². The number of aliphatic hydroxyl groups excluding tert-OH is 1. The molecule has 0 aliphatic carbocycles. The molecule has 1 aromatic rings. The number of hydrogen-bond acceptors (Lipinski definition) is 4. The molecular formula is C10H12BrClO3S2. The van der Waals surface area contributed by atoms with Crippen LogP contribution < -0.4 is 0 Å². The Labute approximate surface area is 118 Å². The molecule has 1 saturated heterocycles. The van der Waals surface area contributed by atoms with E-state index in [-0.39, 0.29) is 5.75 Å². The van der Waals surface area contributed by atoms with E-state index in [4.69, 9.17) is 11.6 Å². The van der Waals surface area contributed by atoms with Crippen LogP contribution in [0.25, 0.3) is 0 Å². The van der Waals surface area contributed by atoms with Gasteiger partial charge in [-0.1, -0.05) is 18.0 Å². The normalized spacial score (nSPS) is 25.7. The number of aliphatic hydroxyl groups is 1. The molecule has 3 nitrogen and oxygen atoms in total. The number of sulfone groups is 1. The topological polar surface area (TPSA) is 54.4 Å². The van der Waals surface area contributed by atoms with Gasteiger partial charge in [0.1, 0.15) is 10.4 Å². The van der Waals surface area contributed by atoms with E-state index in [0.29, 0.717) is 26.5 Å². The highest BCUT2D eigenvalue weighted by molar-refractivity contribution is 9.10. The zero-order valence-electron chi connectivity index (χ0n) is 8.90. The molecule has 96 valence electrons. The Morgan fingerprint density at radius 1 is 1.53 bits per heavy atom. The van der Waals surface area contributed by atoms with E-state index in [9.17, 15) is 13.5 Å². The highest BCUT2D eigenvalue weighted by atomic mass is 79.9. The van der Waals surface area contributed by atoms with Crippen LogP contribution in [0, 0.1) is 0 Å². The third-order valence-electron chi connectivity index (χ3n) is 2.94. The monoisotopic (exact) mass is 358 g/mol. The first-order valence-corrected chi connectivity index (χ1v) is 8.96. The standard InChI is InChI=1S/C10H12BrClO3S2/c11-6-5-7(16-10(6)12)9(13)8-3-1-2-4-17(8,14)15/h5,8-9,13H,1-4H2. The smallest absolute Gasteiger partial charge is 0.156 e. The van der Waals surface area contributed by atoms with E-state index in [1.165, 1.54) is 11.3 Å². The van der Waals surface area contributed by atoms with E-state index in [0.717, 1.165) is 6.42 Å². The summed E-state index contributed by atoms with van der Waals surface area (Å²) in [4.78, 5) is 0.609. The van der Waals surface area contributed by atoms with Crippen molar-refractivity contribution in [2.24, 2.45) is 0 Å². The van der Waals surface area contributed by atoms with Crippen molar-refractivity contribution in [1.29, 1.82) is 0 Å². The van der Waals surface area contributed by atoms with Gasteiger partial charge in [0.2, 0.25) is 0 Å². The Kier molecular flexibility index (Phi) is 4.20. The Bertz CT molecular complexity index is 492. The van der Waals surface area contributed by atoms with Crippen LogP contribution in [0.4, 0.5) is 0 Å². The molecule has 0 spiro atoms. The summed E-state index contributed by atoms with van der Waals surface area (Å²) < 4.78 is 25.0. The predicted molar refractivity (Wildman–Crippen MR) is 73.4 cm³/mol. The molecule has 7 heteroatoms. The van der Waals surface area contributed by atoms with Gasteiger partial charge in [-0.2, -0.15) is 0 Å². The largest absolute Gasteiger partial charge is 0.386 e. The zero-order valence-corrected chi connectivity index (χ0v) is 12.9. The summed E-state index contributed by atoms with van der Waals surface area (Å²) in [6.07, 6.45) is 1.10. The van der Waals surface area contributed by atoms with Gasteiger partial charge in [-0.15, -0.1) is 11.3 Å². The summed E-state index contributed by atoms with van der Waals surface area (Å²) in [7, 11) is -3.18. The lowest BCUT2D eigenvalue weighted by molar-refractivity contribution is 0.168. The second kappa shape index (κ2) is 5.17. The van der Waals surface area contributed by atoms with E-state index in [1.807, 2.05) is 0 Å². The van der Waals surface area contributed by atoms with Gasteiger partial charge in [0, 0.05) is 9.35 Å². The molecule has 17 heavy (non-hydrogen) atoms. The van der Waals surface area contributed by atoms with Crippen molar-refractivity contribution in [3.63, 3.8) is 0 Å². The second-order valence-electron chi connectivity index (χ2n) is 4.12. The maximum atomic E-state index is 11.9. The van der Waals surface area contributed by atoms with Crippen LogP contribution >= 0.6 is 38.9 Å². The predicted octanol–water partition coefficient (Wildman–Crippen LogP) is 3.16. The lowest BCUT2D eigenvalue weighted by Gasteiger charge is -2.25. The lowest BCUT2D eigenvalue weighted by Crippen LogP contribution is -2.33. The molecule has 1 N–H and O–H groups in total. The quantitative estimate of drug-likeness (QED) is 0.882. The van der Waals surface area contributed by atoms with Crippen LogP contribution in [0.15, 0.2) is 10.5 Å². The van der Waals surface area contributed by atoms with E-state index >= 15 is 0 Å². The van der Waals surface area contributed by atoms with Gasteiger partial charge in [-0.3, -0.25) is 0 Å². The fraction of sp³-hybridized carbons (Fsp3) is 0.600. The van der Waals surface area contributed by atoms with Gasteiger partial charge in [0.15, 0.2) is 9.84 Å². The molecule has 1 aliphatic rings. The van der Waals surface area contributed by atoms with Gasteiger partial charge in [0.05, 0.1) is 11.0 Å². The second-order valence-corrected chi connectivity index (χ2v) is 9.00. The number of hydrogen-bond donors (Lipinski definition) is 1. The van der Waals surface area contributed by atoms with Crippen molar-refractivity contribution < 1.29 is 13.5 Å². The van der Waals surface area contributed by atoms with Gasteiger partial charge >= 0.3 is 0 Å². The Morgan fingerprint density at radius 2 is 2.24 bits per heavy atom. The molecule has 0 saturated carbocycles. The van der Waals surface area contributed by atoms with Crippen molar-refractivity contribution in [2.75, 3.05) is 5.75 Å². The molecule has 1 fully saturated rings. The van der Waals surface area contributed by atoms with Crippen LogP contribution in [0.2, 0.25) is 4.34 Å². The average molecular weight is 360 g/mol. The molecule has 0 bridgehead atoms. The maximum absolute atomic E-state index is 11.9. The summed E-state index contributed by atoms with van der Waals surface area (Å²) in [6.45, 7) is 0. The summed E-state index contributed by atoms with van der Waals surface area (Å²) >= 11 is 10.4. The lowest BCUT2D eigenvalue weighted by atomic mass is 10.1. The molecule has 1 aliphatic heterocycles. The van der Waals surface area contributed by atoms with Gasteiger partial charge in [-0.05, 0) is 34.8 Å². The Morgan fingerprint density at radius 3 is 2.76 bits per heavy atom. The van der Waals surface area contributed by atoms with Gasteiger partial charge in [-0.25, -0.2) is 8.42 Å². The first kappa shape index (κ1) is 13.8. The third-order valence-corrected chi connectivity index (χ3v) is 7.76. The first-order valence-electron chi connectivity index (χ1n) is 5.26. The fourth-order valence-electron chi connectivity index (χ4n) is 2.03. The van der Waals surface area contributed by atoms with E-state index < -0.39 is 21.2 Å². The molecule has 2 unspecified atom stereocenters. The Hall–Kier alpha value is 0.380. The molecule has 2 rings (SSSR count). The molecule has 0 amide bonds. The highest BCUT2D eigenvalue weighted by Gasteiger charge is 2.36. The summed E-state index contributed by atoms with van der Waals surface area (Å²) in [5.74, 6) is 0.176. The van der Waals surface area contributed by atoms with Crippen LogP contribution in [0.1, 0.15) is 30.2 Å². The highest BCUT2D eigenvalue weighted by Crippen LogP contribution is 2.39. The summed E-state index contributed by atoms with van der Waals surface area (Å²) in [6, 6.07) is 1.70. The summed E-state index contributed by atoms with van der Waals surface area (Å²) in [5, 5.41) is 9.49. The molecule has 0 aromatic carbocycles. The molecular weight excluding hydrogens is 348 g/mol. The van der Waals surface area contributed by atoms with Crippen molar-refractivity contribution in [3.05, 3.63) is 19.8 Å². The molecule has 2 atom stereocenters. The Balaban J connectivity index is 2.27. The zero-order chi connectivity index (χ0) is 12.6. The number of thiophene rings is 1. The molecule has 1 aromatic heterocycles. The maximum Gasteiger partial charge on any atom is 0.156 e. The SMILES string of the molecule is O=S1(=O)CCCCC1C(O)c1cc(Br)c(Cl)s1. The van der Waals surface area contributed by atoms with E-state index in [1.54, 1.807) is 6.07 Å². The van der Waals surface area contributed by atoms with Gasteiger partial charge in [0.25, 0.3) is 0 Å². The minimum Gasteiger partial charge on any atom is -0.386 e. The van der Waals surface area contributed by atoms with Crippen molar-refractivity contribution in [3.8, 4) is 0 Å². The number of rotatable bonds is 2. The van der Waals surface area contributed by atoms with Crippen molar-refractivity contribution in [2.45, 2.75) is 30.6 Å². The third kappa shape index (κ3) is 2.87. The van der Waals surface area contributed by atoms with Crippen LogP contribution in [0.5, 0.6) is 0 Å². The van der Waals surface area contributed by atoms with Crippen LogP contribution in [-0.2, 0) is 9.84 Å². The minimum absolute atomic E-state index is 0.176. The minimum atomic E-state index is -3.18. The number of halogens is 2. The first-order chi connectivity index (χ1) is 7.92. The van der Waals surface area contributed by atoms with Crippen LogP contribution in [-0.4, -0.2) is 24.5 Å². The molecule has 0 radical (unpaired) electrons. The van der Waals surface area contributed by atoms with E-state index in [2.05, 4.69) is 15.9 Å². The summed E-state index contributed by atoms with van der Waals surface area (Å²) in [5.41, 5.74) is 0.